The Morgan fingerprint density at radius 3 is 2.32 bits per heavy atom. The molecule has 0 aliphatic carbocycles. The number of hydrogen-bond acceptors (Lipinski definition) is 3. The van der Waals surface area contributed by atoms with E-state index < -0.39 is 6.09 Å². The second kappa shape index (κ2) is 10.5. The van der Waals surface area contributed by atoms with E-state index in [2.05, 4.69) is 34.5 Å². The monoisotopic (exact) mass is 434 g/mol. The van der Waals surface area contributed by atoms with E-state index >= 15 is 0 Å². The van der Waals surface area contributed by atoms with E-state index in [1.807, 2.05) is 36.4 Å². The number of amides is 1. The molecular weight excluding hydrogens is 408 g/mol. The Kier molecular flexibility index (Phi) is 7.23. The zero-order chi connectivity index (χ0) is 21.5. The third-order valence-electron chi connectivity index (χ3n) is 5.53. The molecule has 1 fully saturated rings. The molecule has 1 amide bonds. The predicted molar refractivity (Wildman–Crippen MR) is 126 cm³/mol. The maximum Gasteiger partial charge on any atom is 0.412 e. The van der Waals surface area contributed by atoms with Crippen molar-refractivity contribution in [2.45, 2.75) is 25.8 Å². The first-order valence-corrected chi connectivity index (χ1v) is 11.2. The molecule has 160 valence electrons. The van der Waals surface area contributed by atoms with Crippen LogP contribution in [0.1, 0.15) is 24.0 Å². The van der Waals surface area contributed by atoms with Crippen LogP contribution in [0, 0.1) is 0 Å². The summed E-state index contributed by atoms with van der Waals surface area (Å²) in [4.78, 5) is 14.6. The van der Waals surface area contributed by atoms with Crippen molar-refractivity contribution in [2.24, 2.45) is 0 Å². The lowest BCUT2D eigenvalue weighted by atomic mass is 10.1. The lowest BCUT2D eigenvalue weighted by Gasteiger charge is -2.14. The van der Waals surface area contributed by atoms with Gasteiger partial charge in [-0.05, 0) is 78.9 Å². The second-order valence-corrected chi connectivity index (χ2v) is 8.34. The van der Waals surface area contributed by atoms with Crippen molar-refractivity contribution < 1.29 is 9.53 Å². The molecule has 3 aromatic carbocycles. The summed E-state index contributed by atoms with van der Waals surface area (Å²) in [7, 11) is 0. The van der Waals surface area contributed by atoms with Crippen LogP contribution in [0.5, 0.6) is 5.75 Å². The number of carbonyl (C=O) groups excluding carboxylic acids is 1. The van der Waals surface area contributed by atoms with Crippen molar-refractivity contribution >= 4 is 17.7 Å². The minimum Gasteiger partial charge on any atom is -0.410 e. The summed E-state index contributed by atoms with van der Waals surface area (Å²) in [6.07, 6.45) is 2.95. The minimum absolute atomic E-state index is 0.443. The Morgan fingerprint density at radius 2 is 1.61 bits per heavy atom. The van der Waals surface area contributed by atoms with Crippen LogP contribution < -0.4 is 10.1 Å². The first-order valence-electron chi connectivity index (χ1n) is 10.8. The number of likely N-dealkylation sites (tertiary alicyclic amines) is 1. The molecule has 1 aliphatic heterocycles. The summed E-state index contributed by atoms with van der Waals surface area (Å²) in [6, 6.07) is 23.7. The Balaban J connectivity index is 1.21. The van der Waals surface area contributed by atoms with Crippen molar-refractivity contribution in [3.8, 4) is 16.9 Å². The van der Waals surface area contributed by atoms with Gasteiger partial charge in [-0.15, -0.1) is 0 Å². The molecule has 1 N–H and O–H groups in total. The highest BCUT2D eigenvalue weighted by atomic mass is 35.5. The summed E-state index contributed by atoms with van der Waals surface area (Å²) in [5.41, 5.74) is 4.59. The van der Waals surface area contributed by atoms with E-state index in [4.69, 9.17) is 16.3 Å². The summed E-state index contributed by atoms with van der Waals surface area (Å²) >= 11 is 6.05. The third-order valence-corrected chi connectivity index (χ3v) is 5.77. The molecule has 1 saturated heterocycles. The molecule has 0 saturated carbocycles. The van der Waals surface area contributed by atoms with Crippen molar-refractivity contribution in [1.29, 1.82) is 0 Å². The Morgan fingerprint density at radius 1 is 0.903 bits per heavy atom. The van der Waals surface area contributed by atoms with Crippen LogP contribution in [0.2, 0.25) is 5.02 Å². The molecule has 0 unspecified atom stereocenters. The number of benzene rings is 3. The highest BCUT2D eigenvalue weighted by Gasteiger charge is 2.11. The van der Waals surface area contributed by atoms with Gasteiger partial charge in [-0.1, -0.05) is 60.1 Å². The first-order chi connectivity index (χ1) is 15.2. The van der Waals surface area contributed by atoms with Crippen LogP contribution in [-0.2, 0) is 13.0 Å². The topological polar surface area (TPSA) is 41.6 Å². The van der Waals surface area contributed by atoms with Gasteiger partial charge in [-0.2, -0.15) is 0 Å². The van der Waals surface area contributed by atoms with E-state index in [1.54, 1.807) is 12.1 Å². The third kappa shape index (κ3) is 6.33. The average Bonchev–Trinajstić information content (AvgIpc) is 3.29. The number of nitrogens with zero attached hydrogens (tertiary/aromatic N) is 1. The number of hydrogen-bond donors (Lipinski definition) is 1. The molecule has 1 aliphatic rings. The molecule has 0 bridgehead atoms. The summed E-state index contributed by atoms with van der Waals surface area (Å²) in [5, 5.41) is 3.51. The Labute approximate surface area is 188 Å². The normalized spacial score (nSPS) is 13.8. The standard InChI is InChI=1S/C26H27ClN2O2/c27-24-5-3-4-23(18-24)22-10-12-25(13-11-22)31-26(30)28-15-14-20-6-8-21(9-7-20)19-29-16-1-2-17-29/h3-13,18H,1-2,14-17,19H2,(H,28,30). The summed E-state index contributed by atoms with van der Waals surface area (Å²) in [5.74, 6) is 0.509. The second-order valence-electron chi connectivity index (χ2n) is 7.90. The highest BCUT2D eigenvalue weighted by Crippen LogP contribution is 2.24. The molecule has 0 radical (unpaired) electrons. The van der Waals surface area contributed by atoms with Gasteiger partial charge in [0.05, 0.1) is 0 Å². The van der Waals surface area contributed by atoms with E-state index in [0.717, 1.165) is 24.1 Å². The van der Waals surface area contributed by atoms with Crippen LogP contribution >= 0.6 is 11.6 Å². The minimum atomic E-state index is -0.443. The molecule has 1 heterocycles. The van der Waals surface area contributed by atoms with Gasteiger partial charge < -0.3 is 10.1 Å². The molecular formula is C26H27ClN2O2. The van der Waals surface area contributed by atoms with Gasteiger partial charge in [0.1, 0.15) is 5.75 Å². The van der Waals surface area contributed by atoms with Crippen LogP contribution in [0.25, 0.3) is 11.1 Å². The maximum absolute atomic E-state index is 12.1. The molecule has 3 aromatic rings. The molecule has 4 nitrogen and oxygen atoms in total. The van der Waals surface area contributed by atoms with Crippen molar-refractivity contribution in [3.05, 3.63) is 88.9 Å². The van der Waals surface area contributed by atoms with E-state index in [0.29, 0.717) is 17.3 Å². The lowest BCUT2D eigenvalue weighted by Crippen LogP contribution is -2.28. The molecule has 31 heavy (non-hydrogen) atoms. The van der Waals surface area contributed by atoms with Gasteiger partial charge in [0, 0.05) is 18.1 Å². The highest BCUT2D eigenvalue weighted by molar-refractivity contribution is 6.30. The molecule has 0 atom stereocenters. The summed E-state index contributed by atoms with van der Waals surface area (Å²) in [6.45, 7) is 3.97. The number of ether oxygens (including phenoxy) is 1. The van der Waals surface area contributed by atoms with Gasteiger partial charge in [-0.3, -0.25) is 4.90 Å². The quantitative estimate of drug-likeness (QED) is 0.500. The fraction of sp³-hybridized carbons (Fsp3) is 0.269. The maximum atomic E-state index is 12.1. The molecule has 5 heteroatoms. The van der Waals surface area contributed by atoms with Gasteiger partial charge in [0.25, 0.3) is 0 Å². The SMILES string of the molecule is O=C(NCCc1ccc(CN2CCCC2)cc1)Oc1ccc(-c2cccc(Cl)c2)cc1. The fourth-order valence-corrected chi connectivity index (χ4v) is 4.04. The van der Waals surface area contributed by atoms with Gasteiger partial charge in [0.15, 0.2) is 0 Å². The number of nitrogens with one attached hydrogen (secondary N) is 1. The van der Waals surface area contributed by atoms with Gasteiger partial charge >= 0.3 is 6.09 Å². The van der Waals surface area contributed by atoms with Gasteiger partial charge in [-0.25, -0.2) is 4.79 Å². The smallest absolute Gasteiger partial charge is 0.410 e. The van der Waals surface area contributed by atoms with Crippen molar-refractivity contribution in [3.63, 3.8) is 0 Å². The molecule has 0 aromatic heterocycles. The number of carbonyl (C=O) groups is 1. The van der Waals surface area contributed by atoms with E-state index in [-0.39, 0.29) is 0 Å². The zero-order valence-corrected chi connectivity index (χ0v) is 18.3. The molecule has 4 rings (SSSR count). The molecule has 0 spiro atoms. The largest absolute Gasteiger partial charge is 0.412 e. The fourth-order valence-electron chi connectivity index (χ4n) is 3.85. The summed E-state index contributed by atoms with van der Waals surface area (Å²) < 4.78 is 5.38. The number of rotatable bonds is 7. The lowest BCUT2D eigenvalue weighted by molar-refractivity contribution is 0.200. The van der Waals surface area contributed by atoms with Gasteiger partial charge in [0.2, 0.25) is 0 Å². The predicted octanol–water partition coefficient (Wildman–Crippen LogP) is 5.93. The van der Waals surface area contributed by atoms with Crippen LogP contribution in [-0.4, -0.2) is 30.6 Å². The van der Waals surface area contributed by atoms with Crippen molar-refractivity contribution in [1.82, 2.24) is 10.2 Å². The zero-order valence-electron chi connectivity index (χ0n) is 17.5. The van der Waals surface area contributed by atoms with E-state index in [9.17, 15) is 4.79 Å². The Bertz CT molecular complexity index is 997. The number of halogens is 1. The van der Waals surface area contributed by atoms with E-state index in [1.165, 1.54) is 37.1 Å². The first kappa shape index (κ1) is 21.4. The average molecular weight is 435 g/mol. The van der Waals surface area contributed by atoms with Crippen LogP contribution in [0.15, 0.2) is 72.8 Å². The Hall–Kier alpha value is -2.82. The van der Waals surface area contributed by atoms with Crippen molar-refractivity contribution in [2.75, 3.05) is 19.6 Å². The van der Waals surface area contributed by atoms with Crippen LogP contribution in [0.4, 0.5) is 4.79 Å². The van der Waals surface area contributed by atoms with Crippen LogP contribution in [0.3, 0.4) is 0 Å².